The zero-order valence-electron chi connectivity index (χ0n) is 30.1. The van der Waals surface area contributed by atoms with Crippen molar-refractivity contribution < 1.29 is 28.4 Å². The number of rotatable bonds is 36. The zero-order chi connectivity index (χ0) is 34.0. The van der Waals surface area contributed by atoms with Gasteiger partial charge < -0.3 is 21.1 Å². The number of aliphatic hydroxyl groups is 1. The van der Waals surface area contributed by atoms with Crippen LogP contribution < -0.4 is 11.1 Å². The molecule has 1 amide bonds. The molecular formula is C37H75N2O6P. The fraction of sp³-hybridized carbons (Fsp3) is 0.919. The topological polar surface area (TPSA) is 131 Å². The molecule has 0 bridgehead atoms. The van der Waals surface area contributed by atoms with E-state index in [0.717, 1.165) is 38.5 Å². The molecule has 0 aromatic rings. The molecule has 0 aliphatic heterocycles. The van der Waals surface area contributed by atoms with Gasteiger partial charge in [0, 0.05) is 13.0 Å². The third-order valence-corrected chi connectivity index (χ3v) is 9.60. The molecule has 8 nitrogen and oxygen atoms in total. The molecule has 46 heavy (non-hydrogen) atoms. The smallest absolute Gasteiger partial charge is 0.391 e. The standard InChI is InChI=1S/C37H75N2O6P/c1-3-5-7-9-11-13-15-16-17-18-19-20-21-23-25-27-29-31-37(41)39-35(34-45-46(42,43)44-33-32-38)36(40)30-28-26-24-22-14-12-10-8-6-4-2/h16-17,35-36,40H,3-15,18-34,38H2,1-2H3,(H,39,41)(H,42,43)/b17-16-. The molecular weight excluding hydrogens is 599 g/mol. The van der Waals surface area contributed by atoms with Gasteiger partial charge in [-0.3, -0.25) is 13.8 Å². The summed E-state index contributed by atoms with van der Waals surface area (Å²) in [6.45, 7) is 4.18. The van der Waals surface area contributed by atoms with Crippen molar-refractivity contribution in [3.05, 3.63) is 12.2 Å². The van der Waals surface area contributed by atoms with Crippen LogP contribution in [0.4, 0.5) is 0 Å². The number of carbonyl (C=O) groups excluding carboxylic acids is 1. The number of phosphoric acid groups is 1. The Hall–Kier alpha value is -0.760. The number of nitrogens with one attached hydrogen (secondary N) is 1. The third kappa shape index (κ3) is 31.8. The molecule has 0 saturated heterocycles. The molecule has 0 radical (unpaired) electrons. The molecule has 0 heterocycles. The summed E-state index contributed by atoms with van der Waals surface area (Å²) in [5.74, 6) is -0.167. The Morgan fingerprint density at radius 1 is 0.696 bits per heavy atom. The lowest BCUT2D eigenvalue weighted by atomic mass is 10.0. The normalized spacial score (nSPS) is 14.5. The molecule has 0 aliphatic carbocycles. The van der Waals surface area contributed by atoms with Crippen LogP contribution in [0.25, 0.3) is 0 Å². The van der Waals surface area contributed by atoms with Gasteiger partial charge >= 0.3 is 7.82 Å². The number of aliphatic hydroxyl groups excluding tert-OH is 1. The van der Waals surface area contributed by atoms with Crippen LogP contribution in [0.5, 0.6) is 0 Å². The first kappa shape index (κ1) is 45.2. The Labute approximate surface area is 284 Å². The van der Waals surface area contributed by atoms with Crippen LogP contribution >= 0.6 is 7.82 Å². The summed E-state index contributed by atoms with van der Waals surface area (Å²) in [4.78, 5) is 22.6. The van der Waals surface area contributed by atoms with Crippen LogP contribution in [0.15, 0.2) is 12.2 Å². The van der Waals surface area contributed by atoms with Crippen molar-refractivity contribution in [2.75, 3.05) is 19.8 Å². The highest BCUT2D eigenvalue weighted by Crippen LogP contribution is 2.43. The van der Waals surface area contributed by atoms with Gasteiger partial charge in [0.05, 0.1) is 25.4 Å². The Balaban J connectivity index is 4.18. The van der Waals surface area contributed by atoms with Gasteiger partial charge in [0.1, 0.15) is 0 Å². The highest BCUT2D eigenvalue weighted by molar-refractivity contribution is 7.47. The van der Waals surface area contributed by atoms with Crippen LogP contribution in [0.1, 0.15) is 187 Å². The summed E-state index contributed by atoms with van der Waals surface area (Å²) in [6, 6.07) is -0.770. The second-order valence-corrected chi connectivity index (χ2v) is 14.6. The van der Waals surface area contributed by atoms with E-state index in [1.54, 1.807) is 0 Å². The predicted octanol–water partition coefficient (Wildman–Crippen LogP) is 10.1. The van der Waals surface area contributed by atoms with E-state index in [-0.39, 0.29) is 25.7 Å². The fourth-order valence-electron chi connectivity index (χ4n) is 5.66. The third-order valence-electron chi connectivity index (χ3n) is 8.62. The number of phosphoric ester groups is 1. The lowest BCUT2D eigenvalue weighted by molar-refractivity contribution is -0.123. The van der Waals surface area contributed by atoms with Crippen LogP contribution in [-0.2, 0) is 18.4 Å². The Morgan fingerprint density at radius 3 is 1.61 bits per heavy atom. The maximum atomic E-state index is 12.7. The first-order chi connectivity index (χ1) is 22.4. The molecule has 9 heteroatoms. The zero-order valence-corrected chi connectivity index (χ0v) is 31.0. The van der Waals surface area contributed by atoms with Crippen molar-refractivity contribution in [2.24, 2.45) is 5.73 Å². The summed E-state index contributed by atoms with van der Waals surface area (Å²) in [6.07, 6.45) is 35.0. The van der Waals surface area contributed by atoms with Gasteiger partial charge in [0.15, 0.2) is 0 Å². The summed E-state index contributed by atoms with van der Waals surface area (Å²) in [5.41, 5.74) is 5.36. The summed E-state index contributed by atoms with van der Waals surface area (Å²) < 4.78 is 22.1. The van der Waals surface area contributed by atoms with Gasteiger partial charge in [-0.25, -0.2) is 4.57 Å². The summed E-state index contributed by atoms with van der Waals surface area (Å²) in [5, 5.41) is 13.7. The molecule has 0 spiro atoms. The van der Waals surface area contributed by atoms with Crippen molar-refractivity contribution in [1.29, 1.82) is 0 Å². The molecule has 274 valence electrons. The van der Waals surface area contributed by atoms with Crippen molar-refractivity contribution >= 4 is 13.7 Å². The van der Waals surface area contributed by atoms with E-state index in [4.69, 9.17) is 14.8 Å². The second-order valence-electron chi connectivity index (χ2n) is 13.1. The molecule has 0 saturated carbocycles. The van der Waals surface area contributed by atoms with E-state index in [1.807, 2.05) is 0 Å². The first-order valence-electron chi connectivity index (χ1n) is 19.3. The highest BCUT2D eigenvalue weighted by atomic mass is 31.2. The molecule has 3 atom stereocenters. The predicted molar refractivity (Wildman–Crippen MR) is 194 cm³/mol. The number of allylic oxidation sites excluding steroid dienone is 2. The second kappa shape index (κ2) is 34.1. The molecule has 0 rings (SSSR count). The number of hydrogen-bond acceptors (Lipinski definition) is 6. The Kier molecular flexibility index (Phi) is 33.6. The average Bonchev–Trinajstić information content (AvgIpc) is 3.04. The average molecular weight is 675 g/mol. The van der Waals surface area contributed by atoms with Crippen molar-refractivity contribution in [1.82, 2.24) is 5.32 Å². The molecule has 3 unspecified atom stereocenters. The summed E-state index contributed by atoms with van der Waals surface area (Å²) in [7, 11) is -4.30. The van der Waals surface area contributed by atoms with Gasteiger partial charge in [-0.2, -0.15) is 0 Å². The number of hydrogen-bond donors (Lipinski definition) is 4. The van der Waals surface area contributed by atoms with Crippen molar-refractivity contribution in [3.63, 3.8) is 0 Å². The quantitative estimate of drug-likeness (QED) is 0.0295. The molecule has 0 aromatic carbocycles. The number of unbranched alkanes of at least 4 members (excludes halogenated alkanes) is 22. The van der Waals surface area contributed by atoms with Gasteiger partial charge in [0.25, 0.3) is 0 Å². The van der Waals surface area contributed by atoms with Crippen molar-refractivity contribution in [2.45, 2.75) is 199 Å². The number of amides is 1. The van der Waals surface area contributed by atoms with Gasteiger partial charge in [-0.15, -0.1) is 0 Å². The van der Waals surface area contributed by atoms with Crippen molar-refractivity contribution in [3.8, 4) is 0 Å². The van der Waals surface area contributed by atoms with E-state index in [9.17, 15) is 19.4 Å². The minimum atomic E-state index is -4.30. The van der Waals surface area contributed by atoms with Gasteiger partial charge in [0.2, 0.25) is 5.91 Å². The van der Waals surface area contributed by atoms with E-state index in [2.05, 4.69) is 31.3 Å². The number of carbonyl (C=O) groups is 1. The number of nitrogens with two attached hydrogens (primary N) is 1. The largest absolute Gasteiger partial charge is 0.472 e. The van der Waals surface area contributed by atoms with Crippen LogP contribution in [-0.4, -0.2) is 47.8 Å². The Bertz CT molecular complexity index is 739. The SMILES string of the molecule is CCCCCCCC/C=C\CCCCCCCCCC(=O)NC(COP(=O)(O)OCCN)C(O)CCCCCCCCCCCC. The molecule has 5 N–H and O–H groups in total. The van der Waals surface area contributed by atoms with E-state index < -0.39 is 20.0 Å². The van der Waals surface area contributed by atoms with E-state index in [0.29, 0.717) is 12.8 Å². The monoisotopic (exact) mass is 675 g/mol. The van der Waals surface area contributed by atoms with E-state index >= 15 is 0 Å². The maximum absolute atomic E-state index is 12.7. The lowest BCUT2D eigenvalue weighted by Gasteiger charge is -2.25. The summed E-state index contributed by atoms with van der Waals surface area (Å²) >= 11 is 0. The highest BCUT2D eigenvalue weighted by Gasteiger charge is 2.27. The molecule has 0 aromatic heterocycles. The van der Waals surface area contributed by atoms with E-state index in [1.165, 1.54) is 122 Å². The molecule has 0 aliphatic rings. The van der Waals surface area contributed by atoms with Crippen LogP contribution in [0.3, 0.4) is 0 Å². The minimum absolute atomic E-state index is 0.0894. The molecule has 0 fully saturated rings. The maximum Gasteiger partial charge on any atom is 0.472 e. The first-order valence-corrected chi connectivity index (χ1v) is 20.8. The lowest BCUT2D eigenvalue weighted by Crippen LogP contribution is -2.46. The fourth-order valence-corrected chi connectivity index (χ4v) is 6.42. The van der Waals surface area contributed by atoms with Gasteiger partial charge in [-0.05, 0) is 38.5 Å². The van der Waals surface area contributed by atoms with Crippen LogP contribution in [0.2, 0.25) is 0 Å². The Morgan fingerprint density at radius 2 is 1.13 bits per heavy atom. The van der Waals surface area contributed by atoms with Crippen LogP contribution in [0, 0.1) is 0 Å². The van der Waals surface area contributed by atoms with Gasteiger partial charge in [-0.1, -0.05) is 154 Å². The minimum Gasteiger partial charge on any atom is -0.391 e.